The van der Waals surface area contributed by atoms with Crippen LogP contribution in [0, 0.1) is 0 Å². The van der Waals surface area contributed by atoms with Crippen molar-refractivity contribution in [1.29, 1.82) is 0 Å². The van der Waals surface area contributed by atoms with E-state index in [1.54, 1.807) is 12.1 Å². The van der Waals surface area contributed by atoms with Crippen molar-refractivity contribution in [2.24, 2.45) is 0 Å². The second-order valence-corrected chi connectivity index (χ2v) is 5.85. The molecule has 1 atom stereocenters. The highest BCUT2D eigenvalue weighted by Crippen LogP contribution is 2.22. The van der Waals surface area contributed by atoms with Crippen molar-refractivity contribution < 1.29 is 14.7 Å². The van der Waals surface area contributed by atoms with Gasteiger partial charge in [-0.2, -0.15) is 0 Å². The molecule has 0 aliphatic rings. The average molecular weight is 332 g/mol. The molecule has 1 aromatic rings. The van der Waals surface area contributed by atoms with Crippen LogP contribution in [0.1, 0.15) is 38.2 Å². The Kier molecular flexibility index (Phi) is 7.54. The third kappa shape index (κ3) is 7.34. The van der Waals surface area contributed by atoms with Gasteiger partial charge < -0.3 is 10.4 Å². The van der Waals surface area contributed by atoms with Gasteiger partial charge in [0.05, 0.1) is 0 Å². The van der Waals surface area contributed by atoms with E-state index >= 15 is 0 Å². The number of hydrogen-bond acceptors (Lipinski definition) is 2. The number of hydrogen-bond donors (Lipinski definition) is 2. The molecule has 0 heterocycles. The van der Waals surface area contributed by atoms with Gasteiger partial charge in [0, 0.05) is 28.9 Å². The van der Waals surface area contributed by atoms with Gasteiger partial charge in [-0.15, -0.1) is 0 Å². The van der Waals surface area contributed by atoms with Crippen molar-refractivity contribution in [3.05, 3.63) is 33.8 Å². The number of amides is 1. The van der Waals surface area contributed by atoms with Crippen molar-refractivity contribution in [3.8, 4) is 0 Å². The average Bonchev–Trinajstić information content (AvgIpc) is 2.38. The van der Waals surface area contributed by atoms with Crippen LogP contribution in [0.5, 0.6) is 0 Å². The first-order valence-electron chi connectivity index (χ1n) is 6.83. The lowest BCUT2D eigenvalue weighted by Crippen LogP contribution is -2.33. The fourth-order valence-corrected chi connectivity index (χ4v) is 2.46. The number of carboxylic acid groups (broad SMARTS) is 1. The van der Waals surface area contributed by atoms with Crippen molar-refractivity contribution in [2.75, 3.05) is 0 Å². The fourth-order valence-electron chi connectivity index (χ4n) is 1.98. The fraction of sp³-hybridized carbons (Fsp3) is 0.467. The molecule has 1 rings (SSSR count). The lowest BCUT2D eigenvalue weighted by molar-refractivity contribution is -0.137. The maximum absolute atomic E-state index is 11.7. The van der Waals surface area contributed by atoms with Crippen molar-refractivity contribution >= 4 is 35.1 Å². The zero-order valence-electron chi connectivity index (χ0n) is 11.9. The molecule has 4 nitrogen and oxygen atoms in total. The van der Waals surface area contributed by atoms with Gasteiger partial charge in [0.1, 0.15) is 0 Å². The van der Waals surface area contributed by atoms with E-state index in [2.05, 4.69) is 5.32 Å². The van der Waals surface area contributed by atoms with Crippen LogP contribution in [-0.2, 0) is 16.0 Å². The molecular weight excluding hydrogens is 313 g/mol. The number of carbonyl (C=O) groups excluding carboxylic acids is 1. The van der Waals surface area contributed by atoms with E-state index in [1.807, 2.05) is 13.0 Å². The summed E-state index contributed by atoms with van der Waals surface area (Å²) in [5, 5.41) is 12.6. The molecule has 6 heteroatoms. The highest BCUT2D eigenvalue weighted by atomic mass is 35.5. The van der Waals surface area contributed by atoms with Gasteiger partial charge in [0.15, 0.2) is 0 Å². The van der Waals surface area contributed by atoms with Crippen LogP contribution in [-0.4, -0.2) is 23.0 Å². The zero-order chi connectivity index (χ0) is 15.8. The minimum Gasteiger partial charge on any atom is -0.481 e. The predicted octanol–water partition coefficient (Wildman–Crippen LogP) is 3.69. The Morgan fingerprint density at radius 1 is 1.24 bits per heavy atom. The number of aliphatic carboxylic acids is 1. The van der Waals surface area contributed by atoms with E-state index in [-0.39, 0.29) is 18.4 Å². The molecule has 0 aliphatic heterocycles. The van der Waals surface area contributed by atoms with Gasteiger partial charge in [0.25, 0.3) is 0 Å². The summed E-state index contributed by atoms with van der Waals surface area (Å²) >= 11 is 11.9. The maximum atomic E-state index is 11.7. The summed E-state index contributed by atoms with van der Waals surface area (Å²) in [5.41, 5.74) is 0.930. The third-order valence-electron chi connectivity index (χ3n) is 2.99. The van der Waals surface area contributed by atoms with Crippen LogP contribution >= 0.6 is 23.2 Å². The first kappa shape index (κ1) is 17.8. The van der Waals surface area contributed by atoms with Crippen LogP contribution in [0.2, 0.25) is 10.0 Å². The molecular formula is C15H19Cl2NO3. The van der Waals surface area contributed by atoms with Gasteiger partial charge in [-0.3, -0.25) is 9.59 Å². The Morgan fingerprint density at radius 3 is 2.52 bits per heavy atom. The lowest BCUT2D eigenvalue weighted by Gasteiger charge is -2.15. The van der Waals surface area contributed by atoms with Crippen LogP contribution in [0.4, 0.5) is 0 Å². The van der Waals surface area contributed by atoms with Gasteiger partial charge in [-0.1, -0.05) is 29.3 Å². The van der Waals surface area contributed by atoms with Gasteiger partial charge in [0.2, 0.25) is 5.91 Å². The first-order chi connectivity index (χ1) is 9.88. The molecule has 21 heavy (non-hydrogen) atoms. The standard InChI is InChI=1S/C15H19Cl2NO3/c1-10(8-11-6-7-12(16)9-13(11)17)18-14(19)4-2-3-5-15(20)21/h6-7,9-10H,2-5,8H2,1H3,(H,18,19)(H,20,21). The highest BCUT2D eigenvalue weighted by molar-refractivity contribution is 6.35. The molecule has 116 valence electrons. The van der Waals surface area contributed by atoms with E-state index in [9.17, 15) is 9.59 Å². The van der Waals surface area contributed by atoms with Gasteiger partial charge >= 0.3 is 5.97 Å². The topological polar surface area (TPSA) is 66.4 Å². The lowest BCUT2D eigenvalue weighted by atomic mass is 10.1. The summed E-state index contributed by atoms with van der Waals surface area (Å²) < 4.78 is 0. The minimum atomic E-state index is -0.832. The highest BCUT2D eigenvalue weighted by Gasteiger charge is 2.10. The quantitative estimate of drug-likeness (QED) is 0.714. The summed E-state index contributed by atoms with van der Waals surface area (Å²) in [5.74, 6) is -0.904. The maximum Gasteiger partial charge on any atom is 0.303 e. The molecule has 0 spiro atoms. The first-order valence-corrected chi connectivity index (χ1v) is 7.59. The van der Waals surface area contributed by atoms with E-state index in [4.69, 9.17) is 28.3 Å². The SMILES string of the molecule is CC(Cc1ccc(Cl)cc1Cl)NC(=O)CCCCC(=O)O. The summed E-state index contributed by atoms with van der Waals surface area (Å²) in [6.07, 6.45) is 2.15. The predicted molar refractivity (Wildman–Crippen MR) is 83.9 cm³/mol. The van der Waals surface area contributed by atoms with E-state index in [0.29, 0.717) is 35.7 Å². The largest absolute Gasteiger partial charge is 0.481 e. The van der Waals surface area contributed by atoms with E-state index in [0.717, 1.165) is 5.56 Å². The van der Waals surface area contributed by atoms with Crippen molar-refractivity contribution in [1.82, 2.24) is 5.32 Å². The molecule has 0 saturated carbocycles. The van der Waals surface area contributed by atoms with Crippen LogP contribution in [0.25, 0.3) is 0 Å². The van der Waals surface area contributed by atoms with Crippen LogP contribution < -0.4 is 5.32 Å². The number of nitrogens with one attached hydrogen (secondary N) is 1. The van der Waals surface area contributed by atoms with Crippen LogP contribution in [0.15, 0.2) is 18.2 Å². The Labute approximate surface area is 134 Å². The van der Waals surface area contributed by atoms with Gasteiger partial charge in [-0.05, 0) is 43.9 Å². The molecule has 1 amide bonds. The Bertz CT molecular complexity index is 506. The normalized spacial score (nSPS) is 12.0. The smallest absolute Gasteiger partial charge is 0.303 e. The minimum absolute atomic E-state index is 0.0457. The number of benzene rings is 1. The molecule has 0 saturated heterocycles. The second-order valence-electron chi connectivity index (χ2n) is 5.01. The molecule has 0 aromatic heterocycles. The molecule has 0 radical (unpaired) electrons. The van der Waals surface area contributed by atoms with Gasteiger partial charge in [-0.25, -0.2) is 0 Å². The number of carboxylic acids is 1. The molecule has 1 aromatic carbocycles. The summed E-state index contributed by atoms with van der Waals surface area (Å²) in [7, 11) is 0. The molecule has 2 N–H and O–H groups in total. The van der Waals surface area contributed by atoms with Crippen molar-refractivity contribution in [3.63, 3.8) is 0 Å². The molecule has 1 unspecified atom stereocenters. The van der Waals surface area contributed by atoms with Crippen LogP contribution in [0.3, 0.4) is 0 Å². The zero-order valence-corrected chi connectivity index (χ0v) is 13.4. The molecule has 0 bridgehead atoms. The number of rotatable bonds is 8. The Morgan fingerprint density at radius 2 is 1.90 bits per heavy atom. The number of carbonyl (C=O) groups is 2. The second kappa shape index (κ2) is 8.90. The third-order valence-corrected chi connectivity index (χ3v) is 3.58. The number of halogens is 2. The Balaban J connectivity index is 2.34. The number of unbranched alkanes of at least 4 members (excludes halogenated alkanes) is 1. The van der Waals surface area contributed by atoms with E-state index < -0.39 is 5.97 Å². The molecule has 0 aliphatic carbocycles. The van der Waals surface area contributed by atoms with Crippen molar-refractivity contribution in [2.45, 2.75) is 45.1 Å². The summed E-state index contributed by atoms with van der Waals surface area (Å²) in [6.45, 7) is 1.90. The monoisotopic (exact) mass is 331 g/mol. The molecule has 0 fully saturated rings. The summed E-state index contributed by atoms with van der Waals surface area (Å²) in [4.78, 5) is 22.1. The summed E-state index contributed by atoms with van der Waals surface area (Å²) in [6, 6.07) is 5.25. The Hall–Kier alpha value is -1.26. The van der Waals surface area contributed by atoms with E-state index in [1.165, 1.54) is 0 Å².